The van der Waals surface area contributed by atoms with Gasteiger partial charge in [-0.3, -0.25) is 4.98 Å². The number of amides is 2. The number of anilines is 1. The molecule has 5 nitrogen and oxygen atoms in total. The highest BCUT2D eigenvalue weighted by Crippen LogP contribution is 2.21. The highest BCUT2D eigenvalue weighted by molar-refractivity contribution is 5.89. The van der Waals surface area contributed by atoms with Crippen LogP contribution in [0.5, 0.6) is 5.75 Å². The molecular weight excluding hydrogens is 297 g/mol. The van der Waals surface area contributed by atoms with Gasteiger partial charge in [0.15, 0.2) is 0 Å². The maximum absolute atomic E-state index is 14.0. The summed E-state index contributed by atoms with van der Waals surface area (Å²) in [4.78, 5) is 16.0. The number of aromatic nitrogens is 1. The SMILES string of the molecule is CC(C)Oc1ccc(NC(=O)NC(C)c2cccnc2)c(F)c1. The average molecular weight is 317 g/mol. The van der Waals surface area contributed by atoms with Gasteiger partial charge in [0.1, 0.15) is 11.6 Å². The van der Waals surface area contributed by atoms with Gasteiger partial charge in [0, 0.05) is 18.5 Å². The van der Waals surface area contributed by atoms with Crippen molar-refractivity contribution in [3.63, 3.8) is 0 Å². The van der Waals surface area contributed by atoms with Crippen molar-refractivity contribution in [2.75, 3.05) is 5.32 Å². The maximum Gasteiger partial charge on any atom is 0.319 e. The van der Waals surface area contributed by atoms with E-state index < -0.39 is 11.8 Å². The van der Waals surface area contributed by atoms with Crippen LogP contribution >= 0.6 is 0 Å². The number of nitrogens with one attached hydrogen (secondary N) is 2. The van der Waals surface area contributed by atoms with Crippen LogP contribution < -0.4 is 15.4 Å². The summed E-state index contributed by atoms with van der Waals surface area (Å²) < 4.78 is 19.4. The number of pyridine rings is 1. The highest BCUT2D eigenvalue weighted by Gasteiger charge is 2.12. The van der Waals surface area contributed by atoms with E-state index in [1.165, 1.54) is 12.1 Å². The lowest BCUT2D eigenvalue weighted by molar-refractivity contribution is 0.241. The first-order valence-corrected chi connectivity index (χ1v) is 7.39. The molecule has 0 spiro atoms. The predicted molar refractivity (Wildman–Crippen MR) is 87.0 cm³/mol. The summed E-state index contributed by atoms with van der Waals surface area (Å²) in [7, 11) is 0. The van der Waals surface area contributed by atoms with Gasteiger partial charge in [-0.15, -0.1) is 0 Å². The Morgan fingerprint density at radius 2 is 2.04 bits per heavy atom. The van der Waals surface area contributed by atoms with Crippen LogP contribution in [0.15, 0.2) is 42.7 Å². The van der Waals surface area contributed by atoms with Crippen LogP contribution in [-0.2, 0) is 0 Å². The van der Waals surface area contributed by atoms with Crippen molar-refractivity contribution in [2.45, 2.75) is 32.9 Å². The molecule has 0 fully saturated rings. The van der Waals surface area contributed by atoms with Gasteiger partial charge in [0.2, 0.25) is 0 Å². The summed E-state index contributed by atoms with van der Waals surface area (Å²) in [5.74, 6) is -0.125. The topological polar surface area (TPSA) is 63.2 Å². The molecule has 0 aliphatic rings. The van der Waals surface area contributed by atoms with Crippen LogP contribution in [0.1, 0.15) is 32.4 Å². The molecule has 1 aromatic heterocycles. The molecule has 0 saturated heterocycles. The first-order valence-electron chi connectivity index (χ1n) is 7.39. The summed E-state index contributed by atoms with van der Waals surface area (Å²) in [6.07, 6.45) is 3.28. The third-order valence-corrected chi connectivity index (χ3v) is 3.09. The number of hydrogen-bond acceptors (Lipinski definition) is 3. The summed E-state index contributed by atoms with van der Waals surface area (Å²) in [6, 6.07) is 7.26. The first-order chi connectivity index (χ1) is 11.0. The zero-order chi connectivity index (χ0) is 16.8. The van der Waals surface area contributed by atoms with E-state index in [9.17, 15) is 9.18 Å². The van der Waals surface area contributed by atoms with E-state index in [1.54, 1.807) is 24.5 Å². The molecule has 1 unspecified atom stereocenters. The minimum atomic E-state index is -0.549. The molecule has 1 aromatic carbocycles. The van der Waals surface area contributed by atoms with Crippen molar-refractivity contribution in [3.8, 4) is 5.75 Å². The molecule has 0 radical (unpaired) electrons. The third-order valence-electron chi connectivity index (χ3n) is 3.09. The molecule has 122 valence electrons. The smallest absolute Gasteiger partial charge is 0.319 e. The zero-order valence-corrected chi connectivity index (χ0v) is 13.3. The van der Waals surface area contributed by atoms with Crippen LogP contribution in [0.4, 0.5) is 14.9 Å². The minimum absolute atomic E-state index is 0.0446. The molecule has 0 aliphatic heterocycles. The Hall–Kier alpha value is -2.63. The number of benzene rings is 1. The minimum Gasteiger partial charge on any atom is -0.491 e. The van der Waals surface area contributed by atoms with E-state index >= 15 is 0 Å². The third kappa shape index (κ3) is 4.95. The molecular formula is C17H20FN3O2. The maximum atomic E-state index is 14.0. The van der Waals surface area contributed by atoms with Crippen molar-refractivity contribution in [2.24, 2.45) is 0 Å². The second-order valence-corrected chi connectivity index (χ2v) is 5.41. The van der Waals surface area contributed by atoms with Crippen molar-refractivity contribution < 1.29 is 13.9 Å². The standard InChI is InChI=1S/C17H20FN3O2/c1-11(2)23-14-6-7-16(15(18)9-14)21-17(22)20-12(3)13-5-4-8-19-10-13/h4-12H,1-3H3,(H2,20,21,22). The van der Waals surface area contributed by atoms with Gasteiger partial charge >= 0.3 is 6.03 Å². The fourth-order valence-electron chi connectivity index (χ4n) is 2.01. The number of carbonyl (C=O) groups excluding carboxylic acids is 1. The van der Waals surface area contributed by atoms with Gasteiger partial charge in [0.25, 0.3) is 0 Å². The van der Waals surface area contributed by atoms with E-state index in [2.05, 4.69) is 15.6 Å². The van der Waals surface area contributed by atoms with Crippen LogP contribution in [-0.4, -0.2) is 17.1 Å². The van der Waals surface area contributed by atoms with Crippen LogP contribution in [0, 0.1) is 5.82 Å². The normalized spacial score (nSPS) is 11.9. The quantitative estimate of drug-likeness (QED) is 0.879. The van der Waals surface area contributed by atoms with Gasteiger partial charge in [-0.2, -0.15) is 0 Å². The first kappa shape index (κ1) is 16.7. The molecule has 1 atom stereocenters. The number of halogens is 1. The Bertz CT molecular complexity index is 662. The van der Waals surface area contributed by atoms with Crippen molar-refractivity contribution in [1.82, 2.24) is 10.3 Å². The number of ether oxygens (including phenoxy) is 1. The number of hydrogen-bond donors (Lipinski definition) is 2. The number of nitrogens with zero attached hydrogens (tertiary/aromatic N) is 1. The molecule has 2 aromatic rings. The van der Waals surface area contributed by atoms with Crippen LogP contribution in [0.2, 0.25) is 0 Å². The van der Waals surface area contributed by atoms with Crippen molar-refractivity contribution >= 4 is 11.7 Å². The molecule has 0 aliphatic carbocycles. The fraction of sp³-hybridized carbons (Fsp3) is 0.294. The molecule has 2 N–H and O–H groups in total. The molecule has 6 heteroatoms. The van der Waals surface area contributed by atoms with Gasteiger partial charge in [0.05, 0.1) is 17.8 Å². The van der Waals surface area contributed by atoms with E-state index in [-0.39, 0.29) is 17.8 Å². The number of carbonyl (C=O) groups is 1. The summed E-state index contributed by atoms with van der Waals surface area (Å²) >= 11 is 0. The molecule has 0 saturated carbocycles. The Kier molecular flexibility index (Phi) is 5.51. The lowest BCUT2D eigenvalue weighted by Crippen LogP contribution is -2.31. The number of urea groups is 1. The predicted octanol–water partition coefficient (Wildman–Crippen LogP) is 3.89. The van der Waals surface area contributed by atoms with Gasteiger partial charge < -0.3 is 15.4 Å². The summed E-state index contributed by atoms with van der Waals surface area (Å²) in [5, 5.41) is 5.22. The van der Waals surface area contributed by atoms with Crippen molar-refractivity contribution in [3.05, 3.63) is 54.1 Å². The molecule has 0 bridgehead atoms. The highest BCUT2D eigenvalue weighted by atomic mass is 19.1. The zero-order valence-electron chi connectivity index (χ0n) is 13.3. The van der Waals surface area contributed by atoms with Crippen LogP contribution in [0.3, 0.4) is 0 Å². The fourth-order valence-corrected chi connectivity index (χ4v) is 2.01. The van der Waals surface area contributed by atoms with Gasteiger partial charge in [-0.05, 0) is 44.5 Å². The second kappa shape index (κ2) is 7.58. The molecule has 2 amide bonds. The second-order valence-electron chi connectivity index (χ2n) is 5.41. The van der Waals surface area contributed by atoms with E-state index in [0.717, 1.165) is 5.56 Å². The molecule has 1 heterocycles. The Labute approximate surface area is 134 Å². The average Bonchev–Trinajstić information content (AvgIpc) is 2.50. The van der Waals surface area contributed by atoms with Gasteiger partial charge in [-0.25, -0.2) is 9.18 Å². The monoisotopic (exact) mass is 317 g/mol. The van der Waals surface area contributed by atoms with E-state index in [1.807, 2.05) is 26.8 Å². The Morgan fingerprint density at radius 3 is 2.65 bits per heavy atom. The summed E-state index contributed by atoms with van der Waals surface area (Å²) in [5.41, 5.74) is 0.959. The lowest BCUT2D eigenvalue weighted by atomic mass is 10.1. The lowest BCUT2D eigenvalue weighted by Gasteiger charge is -2.15. The molecule has 2 rings (SSSR count). The molecule has 23 heavy (non-hydrogen) atoms. The number of rotatable bonds is 5. The largest absolute Gasteiger partial charge is 0.491 e. The van der Waals surface area contributed by atoms with Crippen molar-refractivity contribution in [1.29, 1.82) is 0 Å². The van der Waals surface area contributed by atoms with Gasteiger partial charge in [-0.1, -0.05) is 6.07 Å². The van der Waals surface area contributed by atoms with E-state index in [4.69, 9.17) is 4.74 Å². The Morgan fingerprint density at radius 1 is 1.26 bits per heavy atom. The summed E-state index contributed by atoms with van der Waals surface area (Å²) in [6.45, 7) is 5.54. The van der Waals surface area contributed by atoms with Crippen LogP contribution in [0.25, 0.3) is 0 Å². The Balaban J connectivity index is 1.97. The van der Waals surface area contributed by atoms with E-state index in [0.29, 0.717) is 5.75 Å².